The molecule has 0 saturated carbocycles. The minimum atomic E-state index is -3.87. The molecule has 4 aromatic rings. The van der Waals surface area contributed by atoms with Gasteiger partial charge in [0.25, 0.3) is 10.0 Å². The van der Waals surface area contributed by atoms with E-state index in [0.29, 0.717) is 17.0 Å². The summed E-state index contributed by atoms with van der Waals surface area (Å²) in [5.41, 5.74) is 2.45. The Hall–Kier alpha value is -3.26. The van der Waals surface area contributed by atoms with Crippen LogP contribution in [0.1, 0.15) is 11.4 Å². The van der Waals surface area contributed by atoms with Crippen molar-refractivity contribution in [3.8, 4) is 5.82 Å². The molecule has 0 aliphatic heterocycles. The van der Waals surface area contributed by atoms with Gasteiger partial charge in [0, 0.05) is 23.5 Å². The second-order valence-electron chi connectivity index (χ2n) is 6.15. The number of nitrogens with one attached hydrogen (secondary N) is 1. The number of sulfonamides is 1. The normalized spacial score (nSPS) is 11.6. The zero-order valence-corrected chi connectivity index (χ0v) is 15.6. The summed E-state index contributed by atoms with van der Waals surface area (Å²) in [7, 11) is -3.87. The second-order valence-corrected chi connectivity index (χ2v) is 7.80. The average molecular weight is 379 g/mol. The van der Waals surface area contributed by atoms with E-state index in [9.17, 15) is 8.42 Å². The molecule has 0 saturated heterocycles. The van der Waals surface area contributed by atoms with E-state index in [4.69, 9.17) is 0 Å². The van der Waals surface area contributed by atoms with Crippen LogP contribution >= 0.6 is 0 Å². The topological polar surface area (TPSA) is 89.8 Å². The van der Waals surface area contributed by atoms with Crippen LogP contribution in [0.15, 0.2) is 65.8 Å². The first kappa shape index (κ1) is 17.2. The summed E-state index contributed by atoms with van der Waals surface area (Å²) >= 11 is 0. The number of aromatic nitrogens is 4. The lowest BCUT2D eigenvalue weighted by atomic mass is 10.2. The van der Waals surface area contributed by atoms with Crippen molar-refractivity contribution in [2.75, 3.05) is 4.72 Å². The van der Waals surface area contributed by atoms with Crippen molar-refractivity contribution in [2.24, 2.45) is 0 Å². The van der Waals surface area contributed by atoms with Gasteiger partial charge in [-0.3, -0.25) is 9.71 Å². The van der Waals surface area contributed by atoms with Gasteiger partial charge in [0.1, 0.15) is 4.90 Å². The summed E-state index contributed by atoms with van der Waals surface area (Å²) in [6, 6.07) is 13.9. The predicted molar refractivity (Wildman–Crippen MR) is 103 cm³/mol. The Morgan fingerprint density at radius 3 is 2.48 bits per heavy atom. The molecular formula is C19H17N5O2S. The summed E-state index contributed by atoms with van der Waals surface area (Å²) in [6.07, 6.45) is 3.18. The number of aryl methyl sites for hydroxylation is 2. The molecule has 0 radical (unpaired) electrons. The van der Waals surface area contributed by atoms with Gasteiger partial charge in [-0.25, -0.2) is 18.1 Å². The lowest BCUT2D eigenvalue weighted by molar-refractivity contribution is 0.601. The first-order valence-corrected chi connectivity index (χ1v) is 9.79. The maximum atomic E-state index is 13.1. The lowest BCUT2D eigenvalue weighted by Gasteiger charge is -2.13. The molecule has 0 aliphatic rings. The quantitative estimate of drug-likeness (QED) is 0.588. The van der Waals surface area contributed by atoms with Crippen molar-refractivity contribution in [2.45, 2.75) is 18.7 Å². The highest BCUT2D eigenvalue weighted by Crippen LogP contribution is 2.26. The number of para-hydroxylation sites is 1. The Kier molecular flexibility index (Phi) is 4.12. The second kappa shape index (κ2) is 6.48. The fourth-order valence-corrected chi connectivity index (χ4v) is 4.22. The van der Waals surface area contributed by atoms with Crippen molar-refractivity contribution in [1.29, 1.82) is 0 Å². The third-order valence-corrected chi connectivity index (χ3v) is 5.52. The number of nitrogens with zero attached hydrogens (tertiary/aromatic N) is 4. The van der Waals surface area contributed by atoms with E-state index in [-0.39, 0.29) is 4.90 Å². The predicted octanol–water partition coefficient (Wildman–Crippen LogP) is 3.23. The summed E-state index contributed by atoms with van der Waals surface area (Å²) in [6.45, 7) is 3.76. The molecule has 1 N–H and O–H groups in total. The SMILES string of the molecule is Cc1cc(C)n(-c2ncccc2NS(=O)(=O)c2cccc3cccnc23)n1. The van der Waals surface area contributed by atoms with Gasteiger partial charge in [-0.1, -0.05) is 18.2 Å². The van der Waals surface area contributed by atoms with Gasteiger partial charge in [0.05, 0.1) is 16.9 Å². The third kappa shape index (κ3) is 3.15. The molecule has 0 spiro atoms. The Bertz CT molecular complexity index is 1240. The highest BCUT2D eigenvalue weighted by atomic mass is 32.2. The van der Waals surface area contributed by atoms with Crippen LogP contribution in [0.5, 0.6) is 0 Å². The van der Waals surface area contributed by atoms with Gasteiger partial charge >= 0.3 is 0 Å². The average Bonchev–Trinajstić information content (AvgIpc) is 2.99. The molecule has 3 aromatic heterocycles. The molecule has 136 valence electrons. The summed E-state index contributed by atoms with van der Waals surface area (Å²) in [5, 5.41) is 5.16. The van der Waals surface area contributed by atoms with E-state index in [1.165, 1.54) is 6.07 Å². The number of fused-ring (bicyclic) bond motifs is 1. The summed E-state index contributed by atoms with van der Waals surface area (Å²) in [4.78, 5) is 8.67. The number of hydrogen-bond donors (Lipinski definition) is 1. The monoisotopic (exact) mass is 379 g/mol. The van der Waals surface area contributed by atoms with Crippen LogP contribution in [0, 0.1) is 13.8 Å². The molecule has 0 bridgehead atoms. The molecule has 0 atom stereocenters. The molecular weight excluding hydrogens is 362 g/mol. The number of benzene rings is 1. The highest BCUT2D eigenvalue weighted by molar-refractivity contribution is 7.93. The Morgan fingerprint density at radius 2 is 1.70 bits per heavy atom. The summed E-state index contributed by atoms with van der Waals surface area (Å²) in [5.74, 6) is 0.417. The molecule has 3 heterocycles. The zero-order chi connectivity index (χ0) is 19.0. The van der Waals surface area contributed by atoms with Crippen LogP contribution in [0.4, 0.5) is 5.69 Å². The molecule has 8 heteroatoms. The van der Waals surface area contributed by atoms with E-state index in [1.54, 1.807) is 41.3 Å². The number of hydrogen-bond acceptors (Lipinski definition) is 5. The molecule has 7 nitrogen and oxygen atoms in total. The molecule has 27 heavy (non-hydrogen) atoms. The van der Waals surface area contributed by atoms with Crippen LogP contribution in [0.25, 0.3) is 16.7 Å². The molecule has 4 rings (SSSR count). The minimum Gasteiger partial charge on any atom is -0.276 e. The maximum absolute atomic E-state index is 13.1. The van der Waals surface area contributed by atoms with Crippen LogP contribution < -0.4 is 4.72 Å². The van der Waals surface area contributed by atoms with Gasteiger partial charge in [0.2, 0.25) is 0 Å². The summed E-state index contributed by atoms with van der Waals surface area (Å²) < 4.78 is 30.4. The maximum Gasteiger partial charge on any atom is 0.264 e. The van der Waals surface area contributed by atoms with E-state index < -0.39 is 10.0 Å². The van der Waals surface area contributed by atoms with Gasteiger partial charge in [-0.05, 0) is 44.2 Å². The van der Waals surface area contributed by atoms with E-state index in [2.05, 4.69) is 19.8 Å². The Balaban J connectivity index is 1.82. The van der Waals surface area contributed by atoms with Gasteiger partial charge < -0.3 is 0 Å². The minimum absolute atomic E-state index is 0.115. The van der Waals surface area contributed by atoms with E-state index in [1.807, 2.05) is 32.0 Å². The van der Waals surface area contributed by atoms with E-state index in [0.717, 1.165) is 16.8 Å². The first-order chi connectivity index (χ1) is 13.0. The number of pyridine rings is 2. The van der Waals surface area contributed by atoms with Crippen molar-refractivity contribution in [3.63, 3.8) is 0 Å². The third-order valence-electron chi connectivity index (χ3n) is 4.13. The molecule has 0 unspecified atom stereocenters. The highest BCUT2D eigenvalue weighted by Gasteiger charge is 2.21. The van der Waals surface area contributed by atoms with E-state index >= 15 is 0 Å². The van der Waals surface area contributed by atoms with Gasteiger partial charge in [-0.15, -0.1) is 0 Å². The Morgan fingerprint density at radius 1 is 0.963 bits per heavy atom. The Labute approximate surface area is 156 Å². The molecule has 1 aromatic carbocycles. The number of rotatable bonds is 4. The van der Waals surface area contributed by atoms with Crippen molar-refractivity contribution in [3.05, 3.63) is 72.3 Å². The standard InChI is InChI=1S/C19H17N5O2S/c1-13-12-14(2)24(22-13)19-16(8-5-11-21-19)23-27(25,26)17-9-3-6-15-7-4-10-20-18(15)17/h3-12,23H,1-2H3. The van der Waals surface area contributed by atoms with Crippen molar-refractivity contribution < 1.29 is 8.42 Å². The zero-order valence-electron chi connectivity index (χ0n) is 14.8. The first-order valence-electron chi connectivity index (χ1n) is 8.31. The lowest BCUT2D eigenvalue weighted by Crippen LogP contribution is -2.16. The van der Waals surface area contributed by atoms with Crippen molar-refractivity contribution in [1.82, 2.24) is 19.7 Å². The smallest absolute Gasteiger partial charge is 0.264 e. The molecule has 0 aliphatic carbocycles. The van der Waals surface area contributed by atoms with Gasteiger partial charge in [-0.2, -0.15) is 5.10 Å². The van der Waals surface area contributed by atoms with Gasteiger partial charge in [0.15, 0.2) is 5.82 Å². The van der Waals surface area contributed by atoms with Crippen LogP contribution in [-0.2, 0) is 10.0 Å². The van der Waals surface area contributed by atoms with Crippen LogP contribution in [0.3, 0.4) is 0 Å². The molecule has 0 fully saturated rings. The molecule has 0 amide bonds. The van der Waals surface area contributed by atoms with Crippen molar-refractivity contribution >= 4 is 26.6 Å². The van der Waals surface area contributed by atoms with Crippen LogP contribution in [-0.4, -0.2) is 28.2 Å². The van der Waals surface area contributed by atoms with Crippen LogP contribution in [0.2, 0.25) is 0 Å². The largest absolute Gasteiger partial charge is 0.276 e. The fourth-order valence-electron chi connectivity index (χ4n) is 2.98. The number of anilines is 1. The fraction of sp³-hybridized carbons (Fsp3) is 0.105.